The lowest BCUT2D eigenvalue weighted by Crippen LogP contribution is -2.12. The summed E-state index contributed by atoms with van der Waals surface area (Å²) in [6.45, 7) is 0.621. The molecule has 0 saturated carbocycles. The summed E-state index contributed by atoms with van der Waals surface area (Å²) < 4.78 is 5.11. The van der Waals surface area contributed by atoms with Crippen molar-refractivity contribution in [2.75, 3.05) is 19.0 Å². The lowest BCUT2D eigenvalue weighted by molar-refractivity contribution is 0.102. The molecule has 20 heavy (non-hydrogen) atoms. The van der Waals surface area contributed by atoms with E-state index in [2.05, 4.69) is 5.32 Å². The topological polar surface area (TPSA) is 64.3 Å². The molecule has 2 aromatic rings. The van der Waals surface area contributed by atoms with Crippen LogP contribution in [0.2, 0.25) is 0 Å². The SMILES string of the molecule is COc1cccc(C(=O)Nc2ccc(CCN)cc2)c1. The predicted octanol–water partition coefficient (Wildman–Crippen LogP) is 2.45. The fourth-order valence-corrected chi connectivity index (χ4v) is 1.89. The maximum Gasteiger partial charge on any atom is 0.255 e. The van der Waals surface area contributed by atoms with Gasteiger partial charge < -0.3 is 15.8 Å². The number of hydrogen-bond donors (Lipinski definition) is 2. The molecule has 0 fully saturated rings. The Kier molecular flexibility index (Phi) is 4.74. The standard InChI is InChI=1S/C16H18N2O2/c1-20-15-4-2-3-13(11-15)16(19)18-14-7-5-12(6-8-14)9-10-17/h2-8,11H,9-10,17H2,1H3,(H,18,19). The molecular weight excluding hydrogens is 252 g/mol. The molecule has 0 radical (unpaired) electrons. The van der Waals surface area contributed by atoms with E-state index in [1.54, 1.807) is 31.4 Å². The molecular formula is C16H18N2O2. The average molecular weight is 270 g/mol. The Balaban J connectivity index is 2.06. The third-order valence-electron chi connectivity index (χ3n) is 2.98. The molecule has 2 rings (SSSR count). The highest BCUT2D eigenvalue weighted by Gasteiger charge is 2.07. The van der Waals surface area contributed by atoms with Gasteiger partial charge in [-0.3, -0.25) is 4.79 Å². The molecule has 1 amide bonds. The molecule has 0 spiro atoms. The van der Waals surface area contributed by atoms with Crippen LogP contribution in [-0.2, 0) is 6.42 Å². The predicted molar refractivity (Wildman–Crippen MR) is 80.1 cm³/mol. The van der Waals surface area contributed by atoms with Crippen molar-refractivity contribution in [1.29, 1.82) is 0 Å². The number of hydrogen-bond acceptors (Lipinski definition) is 3. The maximum atomic E-state index is 12.1. The molecule has 0 bridgehead atoms. The molecule has 4 heteroatoms. The number of benzene rings is 2. The Labute approximate surface area is 118 Å². The Bertz CT molecular complexity index is 579. The lowest BCUT2D eigenvalue weighted by atomic mass is 10.1. The van der Waals surface area contributed by atoms with E-state index in [0.717, 1.165) is 17.7 Å². The van der Waals surface area contributed by atoms with Crippen LogP contribution < -0.4 is 15.8 Å². The number of nitrogens with one attached hydrogen (secondary N) is 1. The van der Waals surface area contributed by atoms with Gasteiger partial charge in [-0.25, -0.2) is 0 Å². The van der Waals surface area contributed by atoms with Crippen LogP contribution in [0.15, 0.2) is 48.5 Å². The van der Waals surface area contributed by atoms with Gasteiger partial charge in [-0.1, -0.05) is 18.2 Å². The van der Waals surface area contributed by atoms with Crippen LogP contribution in [0, 0.1) is 0 Å². The van der Waals surface area contributed by atoms with Gasteiger partial charge in [0.1, 0.15) is 5.75 Å². The van der Waals surface area contributed by atoms with Gasteiger partial charge in [-0.15, -0.1) is 0 Å². The maximum absolute atomic E-state index is 12.1. The number of carbonyl (C=O) groups excluding carboxylic acids is 1. The minimum atomic E-state index is -0.157. The molecule has 0 aromatic heterocycles. The molecule has 0 aliphatic rings. The smallest absolute Gasteiger partial charge is 0.255 e. The minimum Gasteiger partial charge on any atom is -0.497 e. The molecule has 2 aromatic carbocycles. The minimum absolute atomic E-state index is 0.157. The first kappa shape index (κ1) is 14.1. The van der Waals surface area contributed by atoms with Crippen molar-refractivity contribution in [3.8, 4) is 5.75 Å². The van der Waals surface area contributed by atoms with Gasteiger partial charge in [-0.05, 0) is 48.9 Å². The van der Waals surface area contributed by atoms with Crippen molar-refractivity contribution >= 4 is 11.6 Å². The van der Waals surface area contributed by atoms with Gasteiger partial charge in [0.2, 0.25) is 0 Å². The van der Waals surface area contributed by atoms with E-state index in [4.69, 9.17) is 10.5 Å². The van der Waals surface area contributed by atoms with E-state index in [1.165, 1.54) is 0 Å². The molecule has 3 N–H and O–H groups in total. The van der Waals surface area contributed by atoms with Gasteiger partial charge in [0.25, 0.3) is 5.91 Å². The average Bonchev–Trinajstić information content (AvgIpc) is 2.49. The Morgan fingerprint density at radius 2 is 1.95 bits per heavy atom. The quantitative estimate of drug-likeness (QED) is 0.877. The lowest BCUT2D eigenvalue weighted by Gasteiger charge is -2.07. The highest BCUT2D eigenvalue weighted by Crippen LogP contribution is 2.15. The third-order valence-corrected chi connectivity index (χ3v) is 2.98. The summed E-state index contributed by atoms with van der Waals surface area (Å²) in [6.07, 6.45) is 0.837. The monoisotopic (exact) mass is 270 g/mol. The summed E-state index contributed by atoms with van der Waals surface area (Å²) in [6, 6.07) is 14.7. The second kappa shape index (κ2) is 6.73. The van der Waals surface area contributed by atoms with Gasteiger partial charge in [0.05, 0.1) is 7.11 Å². The fourth-order valence-electron chi connectivity index (χ4n) is 1.89. The third kappa shape index (κ3) is 3.59. The first-order chi connectivity index (χ1) is 9.72. The van der Waals surface area contributed by atoms with Crippen LogP contribution in [0.3, 0.4) is 0 Å². The highest BCUT2D eigenvalue weighted by atomic mass is 16.5. The van der Waals surface area contributed by atoms with Crippen LogP contribution in [0.5, 0.6) is 5.75 Å². The number of carbonyl (C=O) groups is 1. The van der Waals surface area contributed by atoms with E-state index in [9.17, 15) is 4.79 Å². The summed E-state index contributed by atoms with van der Waals surface area (Å²) in [5, 5.41) is 2.85. The van der Waals surface area contributed by atoms with Crippen molar-refractivity contribution in [3.05, 3.63) is 59.7 Å². The van der Waals surface area contributed by atoms with Gasteiger partial charge in [-0.2, -0.15) is 0 Å². The largest absolute Gasteiger partial charge is 0.497 e. The van der Waals surface area contributed by atoms with E-state index in [-0.39, 0.29) is 5.91 Å². The number of nitrogens with two attached hydrogens (primary N) is 1. The Hall–Kier alpha value is -2.33. The Morgan fingerprint density at radius 3 is 2.60 bits per heavy atom. The van der Waals surface area contributed by atoms with Gasteiger partial charge >= 0.3 is 0 Å². The van der Waals surface area contributed by atoms with E-state index in [1.807, 2.05) is 24.3 Å². The van der Waals surface area contributed by atoms with Crippen LogP contribution in [0.1, 0.15) is 15.9 Å². The van der Waals surface area contributed by atoms with Crippen molar-refractivity contribution in [2.45, 2.75) is 6.42 Å². The van der Waals surface area contributed by atoms with Crippen molar-refractivity contribution in [1.82, 2.24) is 0 Å². The van der Waals surface area contributed by atoms with Gasteiger partial charge in [0.15, 0.2) is 0 Å². The van der Waals surface area contributed by atoms with Crippen LogP contribution in [0.4, 0.5) is 5.69 Å². The van der Waals surface area contributed by atoms with Crippen LogP contribution in [-0.4, -0.2) is 19.6 Å². The zero-order valence-electron chi connectivity index (χ0n) is 11.4. The molecule has 0 unspecified atom stereocenters. The number of amides is 1. The number of anilines is 1. The fraction of sp³-hybridized carbons (Fsp3) is 0.188. The molecule has 0 aliphatic carbocycles. The normalized spacial score (nSPS) is 10.1. The van der Waals surface area contributed by atoms with Crippen molar-refractivity contribution in [3.63, 3.8) is 0 Å². The zero-order chi connectivity index (χ0) is 14.4. The summed E-state index contributed by atoms with van der Waals surface area (Å²) in [7, 11) is 1.58. The molecule has 0 aliphatic heterocycles. The number of rotatable bonds is 5. The van der Waals surface area contributed by atoms with E-state index >= 15 is 0 Å². The molecule has 104 valence electrons. The first-order valence-corrected chi connectivity index (χ1v) is 6.47. The van der Waals surface area contributed by atoms with E-state index < -0.39 is 0 Å². The summed E-state index contributed by atoms with van der Waals surface area (Å²) in [4.78, 5) is 12.1. The summed E-state index contributed by atoms with van der Waals surface area (Å²) >= 11 is 0. The highest BCUT2D eigenvalue weighted by molar-refractivity contribution is 6.04. The Morgan fingerprint density at radius 1 is 1.20 bits per heavy atom. The summed E-state index contributed by atoms with van der Waals surface area (Å²) in [5.41, 5.74) is 7.99. The van der Waals surface area contributed by atoms with Crippen LogP contribution >= 0.6 is 0 Å². The van der Waals surface area contributed by atoms with Crippen LogP contribution in [0.25, 0.3) is 0 Å². The van der Waals surface area contributed by atoms with Crippen molar-refractivity contribution < 1.29 is 9.53 Å². The summed E-state index contributed by atoms with van der Waals surface area (Å²) in [5.74, 6) is 0.506. The second-order valence-corrected chi connectivity index (χ2v) is 4.42. The zero-order valence-corrected chi connectivity index (χ0v) is 11.4. The first-order valence-electron chi connectivity index (χ1n) is 6.47. The molecule has 0 atom stereocenters. The molecule has 0 heterocycles. The molecule has 4 nitrogen and oxygen atoms in total. The van der Waals surface area contributed by atoms with Gasteiger partial charge in [0, 0.05) is 11.3 Å². The number of methoxy groups -OCH3 is 1. The second-order valence-electron chi connectivity index (χ2n) is 4.42. The van der Waals surface area contributed by atoms with E-state index in [0.29, 0.717) is 17.9 Å². The van der Waals surface area contributed by atoms with Crippen molar-refractivity contribution in [2.24, 2.45) is 5.73 Å². The molecule has 0 saturated heterocycles. The number of ether oxygens (including phenoxy) is 1.